The zero-order valence-corrected chi connectivity index (χ0v) is 12.4. The minimum absolute atomic E-state index is 0.172. The molecule has 0 radical (unpaired) electrons. The van der Waals surface area contributed by atoms with Crippen LogP contribution in [0.25, 0.3) is 0 Å². The van der Waals surface area contributed by atoms with E-state index in [1.165, 1.54) is 31.2 Å². The normalized spacial score (nSPS) is 18.7. The second kappa shape index (κ2) is 6.53. The van der Waals surface area contributed by atoms with Gasteiger partial charge in [-0.3, -0.25) is 11.3 Å². The topological polar surface area (TPSA) is 38.0 Å². The van der Waals surface area contributed by atoms with Gasteiger partial charge in [-0.15, -0.1) is 0 Å². The van der Waals surface area contributed by atoms with Gasteiger partial charge in [-0.2, -0.15) is 0 Å². The van der Waals surface area contributed by atoms with E-state index in [9.17, 15) is 0 Å². The highest BCUT2D eigenvalue weighted by Crippen LogP contribution is 2.42. The Morgan fingerprint density at radius 2 is 1.74 bits per heavy atom. The van der Waals surface area contributed by atoms with E-state index in [4.69, 9.17) is 5.84 Å². The third kappa shape index (κ3) is 2.70. The Labute approximate surface area is 117 Å². The molecule has 0 aromatic heterocycles. The van der Waals surface area contributed by atoms with Gasteiger partial charge in [0.25, 0.3) is 0 Å². The summed E-state index contributed by atoms with van der Waals surface area (Å²) in [6.45, 7) is 4.60. The van der Waals surface area contributed by atoms with E-state index in [1.807, 2.05) is 0 Å². The Morgan fingerprint density at radius 3 is 2.21 bits per heavy atom. The van der Waals surface area contributed by atoms with Crippen LogP contribution in [0.3, 0.4) is 0 Å². The third-order valence-corrected chi connectivity index (χ3v) is 5.26. The van der Waals surface area contributed by atoms with E-state index in [1.54, 1.807) is 0 Å². The summed E-state index contributed by atoms with van der Waals surface area (Å²) in [7, 11) is 0. The molecular formula is C17H28N2. The quantitative estimate of drug-likeness (QED) is 0.603. The average Bonchev–Trinajstić information content (AvgIpc) is 2.99. The molecule has 1 unspecified atom stereocenters. The van der Waals surface area contributed by atoms with E-state index in [2.05, 4.69) is 49.6 Å². The summed E-state index contributed by atoms with van der Waals surface area (Å²) in [6.07, 6.45) is 7.65. The van der Waals surface area contributed by atoms with Gasteiger partial charge in [-0.1, -0.05) is 57.0 Å². The second-order valence-electron chi connectivity index (χ2n) is 5.92. The lowest BCUT2D eigenvalue weighted by Crippen LogP contribution is -2.54. The van der Waals surface area contributed by atoms with Crippen molar-refractivity contribution in [1.29, 1.82) is 0 Å². The third-order valence-electron chi connectivity index (χ3n) is 5.26. The highest BCUT2D eigenvalue weighted by molar-refractivity contribution is 5.28. The van der Waals surface area contributed by atoms with Crippen molar-refractivity contribution in [2.75, 3.05) is 0 Å². The summed E-state index contributed by atoms with van der Waals surface area (Å²) in [5.41, 5.74) is 4.80. The molecule has 1 aromatic rings. The van der Waals surface area contributed by atoms with Gasteiger partial charge in [-0.25, -0.2) is 0 Å². The van der Waals surface area contributed by atoms with Crippen LogP contribution in [-0.4, -0.2) is 6.04 Å². The molecule has 1 saturated carbocycles. The number of hydrazine groups is 1. The van der Waals surface area contributed by atoms with E-state index < -0.39 is 0 Å². The molecule has 1 fully saturated rings. The lowest BCUT2D eigenvalue weighted by molar-refractivity contribution is 0.202. The molecule has 0 heterocycles. The summed E-state index contributed by atoms with van der Waals surface area (Å²) in [5.74, 6) is 6.70. The van der Waals surface area contributed by atoms with Crippen LogP contribution in [0.5, 0.6) is 0 Å². The number of hydrogen-bond acceptors (Lipinski definition) is 2. The molecule has 1 aliphatic rings. The van der Waals surface area contributed by atoms with Crippen molar-refractivity contribution >= 4 is 0 Å². The number of nitrogens with two attached hydrogens (primary N) is 1. The maximum atomic E-state index is 5.98. The van der Waals surface area contributed by atoms with E-state index >= 15 is 0 Å². The second-order valence-corrected chi connectivity index (χ2v) is 5.92. The fourth-order valence-electron chi connectivity index (χ4n) is 4.09. The largest absolute Gasteiger partial charge is 0.271 e. The molecule has 19 heavy (non-hydrogen) atoms. The lowest BCUT2D eigenvalue weighted by atomic mass is 9.66. The number of benzene rings is 1. The van der Waals surface area contributed by atoms with Crippen LogP contribution < -0.4 is 11.3 Å². The summed E-state index contributed by atoms with van der Waals surface area (Å²) >= 11 is 0. The van der Waals surface area contributed by atoms with Crippen molar-refractivity contribution in [3.8, 4) is 0 Å². The molecule has 0 spiro atoms. The first-order chi connectivity index (χ1) is 9.28. The molecule has 2 heteroatoms. The molecule has 0 bridgehead atoms. The Bertz CT molecular complexity index is 364. The Hall–Kier alpha value is -0.860. The number of hydrogen-bond donors (Lipinski definition) is 2. The SMILES string of the molecule is CCC(CC)(c1ccccc1)C(NN)C1CCCC1. The summed E-state index contributed by atoms with van der Waals surface area (Å²) < 4.78 is 0. The predicted molar refractivity (Wildman–Crippen MR) is 81.8 cm³/mol. The van der Waals surface area contributed by atoms with Crippen LogP contribution in [-0.2, 0) is 5.41 Å². The first kappa shape index (κ1) is 14.5. The monoisotopic (exact) mass is 260 g/mol. The molecule has 3 N–H and O–H groups in total. The summed E-state index contributed by atoms with van der Waals surface area (Å²) in [6, 6.07) is 11.3. The van der Waals surface area contributed by atoms with Crippen molar-refractivity contribution in [1.82, 2.24) is 5.43 Å². The maximum Gasteiger partial charge on any atom is 0.0335 e. The lowest BCUT2D eigenvalue weighted by Gasteiger charge is -2.43. The molecule has 106 valence electrons. The molecule has 1 atom stereocenters. The van der Waals surface area contributed by atoms with Crippen LogP contribution in [0.15, 0.2) is 30.3 Å². The van der Waals surface area contributed by atoms with Crippen molar-refractivity contribution < 1.29 is 0 Å². The smallest absolute Gasteiger partial charge is 0.0335 e. The molecular weight excluding hydrogens is 232 g/mol. The van der Waals surface area contributed by atoms with Crippen LogP contribution in [0.1, 0.15) is 57.9 Å². The molecule has 0 saturated heterocycles. The standard InChI is InChI=1S/C17H28N2/c1-3-17(4-2,15-12-6-5-7-13-15)16(19-18)14-10-8-9-11-14/h5-7,12-14,16,19H,3-4,8-11,18H2,1-2H3. The number of nitrogens with one attached hydrogen (secondary N) is 1. The molecule has 1 aromatic carbocycles. The first-order valence-electron chi connectivity index (χ1n) is 7.80. The van der Waals surface area contributed by atoms with E-state index in [0.717, 1.165) is 18.8 Å². The fourth-order valence-corrected chi connectivity index (χ4v) is 4.09. The highest BCUT2D eigenvalue weighted by atomic mass is 15.2. The van der Waals surface area contributed by atoms with Gasteiger partial charge in [0.2, 0.25) is 0 Å². The van der Waals surface area contributed by atoms with E-state index in [0.29, 0.717) is 6.04 Å². The molecule has 2 rings (SSSR count). The van der Waals surface area contributed by atoms with Crippen molar-refractivity contribution in [3.05, 3.63) is 35.9 Å². The zero-order valence-electron chi connectivity index (χ0n) is 12.4. The molecule has 0 amide bonds. The van der Waals surface area contributed by atoms with Crippen molar-refractivity contribution in [2.24, 2.45) is 11.8 Å². The van der Waals surface area contributed by atoms with Crippen molar-refractivity contribution in [2.45, 2.75) is 63.8 Å². The van der Waals surface area contributed by atoms with Gasteiger partial charge < -0.3 is 0 Å². The maximum absolute atomic E-state index is 5.98. The zero-order chi connectivity index (χ0) is 13.7. The van der Waals surface area contributed by atoms with Crippen LogP contribution in [0.4, 0.5) is 0 Å². The summed E-state index contributed by atoms with van der Waals surface area (Å²) in [5, 5.41) is 0. The first-order valence-corrected chi connectivity index (χ1v) is 7.80. The Morgan fingerprint density at radius 1 is 1.16 bits per heavy atom. The molecule has 1 aliphatic carbocycles. The predicted octanol–water partition coefficient (Wildman–Crippen LogP) is 3.77. The van der Waals surface area contributed by atoms with Gasteiger partial charge in [0.15, 0.2) is 0 Å². The Balaban J connectivity index is 2.36. The summed E-state index contributed by atoms with van der Waals surface area (Å²) in [4.78, 5) is 0. The minimum Gasteiger partial charge on any atom is -0.271 e. The van der Waals surface area contributed by atoms with Gasteiger partial charge in [0, 0.05) is 11.5 Å². The van der Waals surface area contributed by atoms with Gasteiger partial charge >= 0.3 is 0 Å². The molecule has 2 nitrogen and oxygen atoms in total. The average molecular weight is 260 g/mol. The molecule has 0 aliphatic heterocycles. The van der Waals surface area contributed by atoms with Crippen LogP contribution in [0, 0.1) is 5.92 Å². The highest BCUT2D eigenvalue weighted by Gasteiger charge is 2.41. The fraction of sp³-hybridized carbons (Fsp3) is 0.647. The Kier molecular flexibility index (Phi) is 5.00. The van der Waals surface area contributed by atoms with Crippen LogP contribution in [0.2, 0.25) is 0 Å². The van der Waals surface area contributed by atoms with Gasteiger partial charge in [-0.05, 0) is 37.2 Å². The number of rotatable bonds is 6. The minimum atomic E-state index is 0.172. The van der Waals surface area contributed by atoms with Crippen LogP contribution >= 0.6 is 0 Å². The van der Waals surface area contributed by atoms with Crippen molar-refractivity contribution in [3.63, 3.8) is 0 Å². The van der Waals surface area contributed by atoms with Gasteiger partial charge in [0.1, 0.15) is 0 Å². The van der Waals surface area contributed by atoms with Gasteiger partial charge in [0.05, 0.1) is 0 Å². The van der Waals surface area contributed by atoms with E-state index in [-0.39, 0.29) is 5.41 Å².